The summed E-state index contributed by atoms with van der Waals surface area (Å²) in [5.41, 5.74) is -0.105. The van der Waals surface area contributed by atoms with Crippen LogP contribution in [0.25, 0.3) is 0 Å². The van der Waals surface area contributed by atoms with Gasteiger partial charge in [-0.1, -0.05) is 0 Å². The van der Waals surface area contributed by atoms with E-state index in [0.717, 1.165) is 11.3 Å². The van der Waals surface area contributed by atoms with Gasteiger partial charge in [0.05, 0.1) is 12.4 Å². The monoisotopic (exact) mass is 361 g/mol. The molecule has 0 spiro atoms. The van der Waals surface area contributed by atoms with Crippen molar-refractivity contribution in [3.8, 4) is 0 Å². The predicted molar refractivity (Wildman–Crippen MR) is 81.5 cm³/mol. The number of carbonyl (C=O) groups excluding carboxylic acids is 3. The van der Waals surface area contributed by atoms with Crippen molar-refractivity contribution < 1.29 is 27.5 Å². The summed E-state index contributed by atoms with van der Waals surface area (Å²) >= 11 is 1.02. The third-order valence-corrected chi connectivity index (χ3v) is 4.89. The highest BCUT2D eigenvalue weighted by Crippen LogP contribution is 2.28. The summed E-state index contributed by atoms with van der Waals surface area (Å²) in [6.45, 7) is 1.80. The molecule has 11 heteroatoms. The Morgan fingerprint density at radius 2 is 2.22 bits per heavy atom. The topological polar surface area (TPSA) is 137 Å². The van der Waals surface area contributed by atoms with E-state index >= 15 is 0 Å². The molecule has 1 fully saturated rings. The number of thiazole rings is 1. The van der Waals surface area contributed by atoms with Crippen molar-refractivity contribution in [2.24, 2.45) is 11.1 Å². The molecule has 1 atom stereocenters. The minimum absolute atomic E-state index is 0.0389. The van der Waals surface area contributed by atoms with Gasteiger partial charge in [-0.15, -0.1) is 11.3 Å². The quantitative estimate of drug-likeness (QED) is 0.411. The normalized spacial score (nSPS) is 18.3. The molecule has 2 N–H and O–H groups in total. The molecule has 2 heterocycles. The van der Waals surface area contributed by atoms with Crippen LogP contribution >= 0.6 is 11.3 Å². The van der Waals surface area contributed by atoms with Gasteiger partial charge < -0.3 is 4.74 Å². The fourth-order valence-corrected chi connectivity index (χ4v) is 3.91. The molecule has 23 heavy (non-hydrogen) atoms. The number of hydrogen-bond acceptors (Lipinski definition) is 8. The van der Waals surface area contributed by atoms with E-state index in [1.165, 1.54) is 10.3 Å². The van der Waals surface area contributed by atoms with E-state index in [1.807, 2.05) is 0 Å². The Kier molecular flexibility index (Phi) is 5.12. The first kappa shape index (κ1) is 17.5. The van der Waals surface area contributed by atoms with Gasteiger partial charge in [0.25, 0.3) is 5.78 Å². The van der Waals surface area contributed by atoms with E-state index in [1.54, 1.807) is 6.92 Å². The fraction of sp³-hybridized carbons (Fsp3) is 0.500. The Balaban J connectivity index is 2.10. The third-order valence-electron chi connectivity index (χ3n) is 3.09. The first-order valence-corrected chi connectivity index (χ1v) is 9.28. The molecule has 1 saturated heterocycles. The highest BCUT2D eigenvalue weighted by molar-refractivity contribution is 7.89. The minimum Gasteiger partial charge on any atom is -0.460 e. The van der Waals surface area contributed by atoms with E-state index in [-0.39, 0.29) is 42.1 Å². The van der Waals surface area contributed by atoms with Crippen molar-refractivity contribution in [1.29, 1.82) is 0 Å². The number of carbonyl (C=O) groups is 3. The maximum atomic E-state index is 12.0. The van der Waals surface area contributed by atoms with Crippen LogP contribution in [0, 0.1) is 5.92 Å². The van der Waals surface area contributed by atoms with Crippen LogP contribution in [0.1, 0.15) is 23.8 Å². The van der Waals surface area contributed by atoms with E-state index in [4.69, 9.17) is 5.14 Å². The molecule has 1 unspecified atom stereocenters. The number of amides is 1. The molecule has 2 rings (SSSR count). The van der Waals surface area contributed by atoms with Gasteiger partial charge in [0, 0.05) is 24.3 Å². The first-order chi connectivity index (χ1) is 10.7. The van der Waals surface area contributed by atoms with Crippen molar-refractivity contribution in [3.63, 3.8) is 0 Å². The molecule has 1 amide bonds. The lowest BCUT2D eigenvalue weighted by Gasteiger charge is -2.12. The van der Waals surface area contributed by atoms with Gasteiger partial charge in [0.2, 0.25) is 15.9 Å². The predicted octanol–water partition coefficient (Wildman–Crippen LogP) is -0.470. The number of Topliss-reactive ketones (excluding diaryl/α,β-unsaturated/α-hetero) is 1. The number of ether oxygens (including phenoxy) is 1. The fourth-order valence-electron chi connectivity index (χ4n) is 2.20. The molecule has 1 aromatic heterocycles. The van der Waals surface area contributed by atoms with Crippen molar-refractivity contribution >= 4 is 44.2 Å². The molecular weight excluding hydrogens is 346 g/mol. The molecule has 0 radical (unpaired) electrons. The second-order valence-corrected chi connectivity index (χ2v) is 7.46. The summed E-state index contributed by atoms with van der Waals surface area (Å²) in [7, 11) is -3.67. The standard InChI is InChI=1S/C12H15N3O6S2/c1-2-21-11(18)10(17)8-5-22-12(14-8)15-4-7(3-9(15)16)6-23(13,19)20/h5,7H,2-4,6H2,1H3,(H2,13,19,20). The Morgan fingerprint density at radius 1 is 1.52 bits per heavy atom. The lowest BCUT2D eigenvalue weighted by Crippen LogP contribution is -2.27. The van der Waals surface area contributed by atoms with Crippen LogP contribution in [-0.2, 0) is 24.3 Å². The number of aromatic nitrogens is 1. The van der Waals surface area contributed by atoms with Crippen molar-refractivity contribution in [2.45, 2.75) is 13.3 Å². The summed E-state index contributed by atoms with van der Waals surface area (Å²) in [6, 6.07) is 0. The molecule has 0 aliphatic carbocycles. The van der Waals surface area contributed by atoms with Crippen LogP contribution in [0.5, 0.6) is 0 Å². The summed E-state index contributed by atoms with van der Waals surface area (Å²) in [6.07, 6.45) is 0.0389. The van der Waals surface area contributed by atoms with Crippen LogP contribution in [0.3, 0.4) is 0 Å². The molecule has 0 saturated carbocycles. The zero-order chi connectivity index (χ0) is 17.2. The third kappa shape index (κ3) is 4.33. The van der Waals surface area contributed by atoms with E-state index < -0.39 is 27.7 Å². The van der Waals surface area contributed by atoms with Crippen LogP contribution in [0.15, 0.2) is 5.38 Å². The van der Waals surface area contributed by atoms with Gasteiger partial charge in [-0.2, -0.15) is 0 Å². The Hall–Kier alpha value is -1.85. The zero-order valence-electron chi connectivity index (χ0n) is 12.2. The van der Waals surface area contributed by atoms with Gasteiger partial charge >= 0.3 is 5.97 Å². The van der Waals surface area contributed by atoms with Crippen LogP contribution in [0.2, 0.25) is 0 Å². The van der Waals surface area contributed by atoms with Crippen molar-refractivity contribution in [3.05, 3.63) is 11.1 Å². The average Bonchev–Trinajstić information content (AvgIpc) is 3.03. The number of esters is 1. The van der Waals surface area contributed by atoms with E-state index in [0.29, 0.717) is 0 Å². The molecule has 9 nitrogen and oxygen atoms in total. The Morgan fingerprint density at radius 3 is 2.83 bits per heavy atom. The molecule has 1 aromatic rings. The van der Waals surface area contributed by atoms with Crippen LogP contribution in [0.4, 0.5) is 5.13 Å². The van der Waals surface area contributed by atoms with Gasteiger partial charge in [-0.3, -0.25) is 14.5 Å². The number of primary sulfonamides is 1. The van der Waals surface area contributed by atoms with Crippen LogP contribution < -0.4 is 10.0 Å². The summed E-state index contributed by atoms with van der Waals surface area (Å²) in [5.74, 6) is -2.92. The number of hydrogen-bond donors (Lipinski definition) is 1. The summed E-state index contributed by atoms with van der Waals surface area (Å²) in [5, 5.41) is 6.58. The number of nitrogens with zero attached hydrogens (tertiary/aromatic N) is 2. The largest absolute Gasteiger partial charge is 0.460 e. The molecule has 1 aliphatic rings. The maximum Gasteiger partial charge on any atom is 0.381 e. The second kappa shape index (κ2) is 6.72. The molecule has 0 bridgehead atoms. The summed E-state index contributed by atoms with van der Waals surface area (Å²) < 4.78 is 26.8. The van der Waals surface area contributed by atoms with Gasteiger partial charge in [-0.25, -0.2) is 23.3 Å². The van der Waals surface area contributed by atoms with Crippen LogP contribution in [-0.4, -0.2) is 50.0 Å². The lowest BCUT2D eigenvalue weighted by molar-refractivity contribution is -0.137. The van der Waals surface area contributed by atoms with Crippen molar-refractivity contribution in [1.82, 2.24) is 4.98 Å². The smallest absolute Gasteiger partial charge is 0.381 e. The number of nitrogens with two attached hydrogens (primary N) is 1. The zero-order valence-corrected chi connectivity index (χ0v) is 13.9. The molecule has 126 valence electrons. The minimum atomic E-state index is -3.67. The number of rotatable bonds is 6. The molecular formula is C12H15N3O6S2. The highest BCUT2D eigenvalue weighted by atomic mass is 32.2. The number of ketones is 1. The van der Waals surface area contributed by atoms with Gasteiger partial charge in [-0.05, 0) is 6.92 Å². The second-order valence-electron chi connectivity index (χ2n) is 4.97. The SMILES string of the molecule is CCOC(=O)C(=O)c1csc(N2CC(CS(N)(=O)=O)CC2=O)n1. The number of anilines is 1. The summed E-state index contributed by atoms with van der Waals surface area (Å²) in [4.78, 5) is 40.4. The number of sulfonamides is 1. The highest BCUT2D eigenvalue weighted by Gasteiger charge is 2.35. The maximum absolute atomic E-state index is 12.0. The van der Waals surface area contributed by atoms with Gasteiger partial charge in [0.15, 0.2) is 5.13 Å². The Labute approximate surface area is 136 Å². The lowest BCUT2D eigenvalue weighted by atomic mass is 10.1. The van der Waals surface area contributed by atoms with Gasteiger partial charge in [0.1, 0.15) is 5.69 Å². The van der Waals surface area contributed by atoms with E-state index in [9.17, 15) is 22.8 Å². The molecule has 0 aromatic carbocycles. The Bertz CT molecular complexity index is 742. The first-order valence-electron chi connectivity index (χ1n) is 6.69. The van der Waals surface area contributed by atoms with Crippen molar-refractivity contribution in [2.75, 3.05) is 23.8 Å². The average molecular weight is 361 g/mol. The van der Waals surface area contributed by atoms with E-state index in [2.05, 4.69) is 9.72 Å². The molecule has 1 aliphatic heterocycles.